The molecule has 0 aromatic heterocycles. The lowest BCUT2D eigenvalue weighted by molar-refractivity contribution is -0.123. The molecule has 0 aliphatic rings. The molecule has 66 valence electrons. The van der Waals surface area contributed by atoms with E-state index in [1.54, 1.807) is 0 Å². The third kappa shape index (κ3) is 6.49. The summed E-state index contributed by atoms with van der Waals surface area (Å²) in [5.74, 6) is 0. The fourth-order valence-electron chi connectivity index (χ4n) is 0.739. The van der Waals surface area contributed by atoms with Crippen molar-refractivity contribution in [3.63, 3.8) is 0 Å². The Morgan fingerprint density at radius 2 is 1.82 bits per heavy atom. The van der Waals surface area contributed by atoms with Crippen LogP contribution >= 0.6 is 0 Å². The van der Waals surface area contributed by atoms with Gasteiger partial charge in [-0.15, -0.1) is 0 Å². The summed E-state index contributed by atoms with van der Waals surface area (Å²) in [4.78, 5) is 0. The molecule has 2 N–H and O–H groups in total. The zero-order valence-electron chi connectivity index (χ0n) is 7.30. The summed E-state index contributed by atoms with van der Waals surface area (Å²) in [6.07, 6.45) is 0.697. The summed E-state index contributed by atoms with van der Waals surface area (Å²) in [5, 5.41) is 0. The molecule has 0 spiro atoms. The van der Waals surface area contributed by atoms with Crippen molar-refractivity contribution in [2.75, 3.05) is 19.4 Å². The standard InChI is InChI=1S/C7H17NO2Si/c1-3-9-7(10-4-2)5-11-6-8/h7H,3-6,8H2,1-2H3. The van der Waals surface area contributed by atoms with Gasteiger partial charge in [0.05, 0.1) is 9.52 Å². The maximum absolute atomic E-state index is 5.37. The van der Waals surface area contributed by atoms with E-state index in [0.29, 0.717) is 13.2 Å². The van der Waals surface area contributed by atoms with Crippen molar-refractivity contribution in [3.8, 4) is 0 Å². The maximum Gasteiger partial charge on any atom is 0.154 e. The second kappa shape index (κ2) is 8.20. The van der Waals surface area contributed by atoms with Crippen LogP contribution in [0.1, 0.15) is 13.8 Å². The zero-order valence-corrected chi connectivity index (χ0v) is 8.30. The summed E-state index contributed by atoms with van der Waals surface area (Å²) in [6.45, 7) is 5.36. The van der Waals surface area contributed by atoms with Crippen LogP contribution in [0.15, 0.2) is 0 Å². The Labute approximate surface area is 71.1 Å². The summed E-state index contributed by atoms with van der Waals surface area (Å²) in [5.41, 5.74) is 5.37. The van der Waals surface area contributed by atoms with Crippen LogP contribution in [0.5, 0.6) is 0 Å². The predicted octanol–water partition coefficient (Wildman–Crippen LogP) is 0.424. The Kier molecular flexibility index (Phi) is 8.27. The second-order valence-corrected chi connectivity index (χ2v) is 3.31. The van der Waals surface area contributed by atoms with Crippen LogP contribution in [0.4, 0.5) is 0 Å². The molecule has 0 saturated heterocycles. The Morgan fingerprint density at radius 1 is 1.27 bits per heavy atom. The van der Waals surface area contributed by atoms with Crippen molar-refractivity contribution in [3.05, 3.63) is 0 Å². The van der Waals surface area contributed by atoms with E-state index in [4.69, 9.17) is 15.2 Å². The van der Waals surface area contributed by atoms with Crippen LogP contribution in [0, 0.1) is 0 Å². The summed E-state index contributed by atoms with van der Waals surface area (Å²) >= 11 is 0. The van der Waals surface area contributed by atoms with Crippen molar-refractivity contribution in [2.45, 2.75) is 26.2 Å². The van der Waals surface area contributed by atoms with Crippen LogP contribution in [0.2, 0.25) is 6.04 Å². The smallest absolute Gasteiger partial charge is 0.154 e. The van der Waals surface area contributed by atoms with Crippen molar-refractivity contribution in [2.24, 2.45) is 5.73 Å². The molecular weight excluding hydrogens is 158 g/mol. The van der Waals surface area contributed by atoms with Gasteiger partial charge in [0.2, 0.25) is 0 Å². The van der Waals surface area contributed by atoms with E-state index in [9.17, 15) is 0 Å². The second-order valence-electron chi connectivity index (χ2n) is 2.00. The Balaban J connectivity index is 3.34. The monoisotopic (exact) mass is 175 g/mol. The first-order chi connectivity index (χ1) is 5.35. The van der Waals surface area contributed by atoms with Gasteiger partial charge in [-0.1, -0.05) is 0 Å². The number of nitrogens with two attached hydrogens (primary N) is 1. The Morgan fingerprint density at radius 3 is 2.18 bits per heavy atom. The van der Waals surface area contributed by atoms with Gasteiger partial charge >= 0.3 is 0 Å². The van der Waals surface area contributed by atoms with E-state index >= 15 is 0 Å². The minimum Gasteiger partial charge on any atom is -0.353 e. The van der Waals surface area contributed by atoms with Crippen LogP contribution in [-0.2, 0) is 9.47 Å². The molecule has 0 bridgehead atoms. The number of rotatable bonds is 7. The van der Waals surface area contributed by atoms with Crippen LogP contribution in [-0.4, -0.2) is 35.2 Å². The summed E-state index contributed by atoms with van der Waals surface area (Å²) < 4.78 is 10.6. The van der Waals surface area contributed by atoms with Gasteiger partial charge in [-0.2, -0.15) is 0 Å². The number of hydrogen-bond donors (Lipinski definition) is 1. The predicted molar refractivity (Wildman–Crippen MR) is 46.7 cm³/mol. The highest BCUT2D eigenvalue weighted by atomic mass is 28.2. The van der Waals surface area contributed by atoms with Gasteiger partial charge in [-0.25, -0.2) is 0 Å². The fraction of sp³-hybridized carbons (Fsp3) is 1.00. The molecular formula is C7H17NO2Si. The van der Waals surface area contributed by atoms with E-state index in [1.165, 1.54) is 0 Å². The highest BCUT2D eigenvalue weighted by Crippen LogP contribution is 1.99. The largest absolute Gasteiger partial charge is 0.353 e. The van der Waals surface area contributed by atoms with Gasteiger partial charge in [-0.05, 0) is 26.1 Å². The molecule has 11 heavy (non-hydrogen) atoms. The fourth-order valence-corrected chi connectivity index (χ4v) is 1.38. The zero-order chi connectivity index (χ0) is 8.53. The van der Waals surface area contributed by atoms with Gasteiger partial charge < -0.3 is 15.2 Å². The van der Waals surface area contributed by atoms with Crippen molar-refractivity contribution in [1.29, 1.82) is 0 Å². The first-order valence-corrected chi connectivity index (χ1v) is 5.40. The quantitative estimate of drug-likeness (QED) is 0.450. The lowest BCUT2D eigenvalue weighted by Crippen LogP contribution is -2.22. The van der Waals surface area contributed by atoms with Crippen LogP contribution in [0.25, 0.3) is 0 Å². The molecule has 0 rings (SSSR count). The van der Waals surface area contributed by atoms with Crippen LogP contribution in [0.3, 0.4) is 0 Å². The maximum atomic E-state index is 5.37. The van der Waals surface area contributed by atoms with Gasteiger partial charge in [-0.3, -0.25) is 0 Å². The minimum absolute atomic E-state index is 0.0353. The highest BCUT2D eigenvalue weighted by Gasteiger charge is 2.05. The molecule has 3 nitrogen and oxygen atoms in total. The molecule has 0 saturated carbocycles. The highest BCUT2D eigenvalue weighted by molar-refractivity contribution is 6.35. The SMILES string of the molecule is CCOC(C[Si]CN)OCC. The van der Waals surface area contributed by atoms with Crippen LogP contribution < -0.4 is 5.73 Å². The number of hydrogen-bond acceptors (Lipinski definition) is 3. The third-order valence-corrected chi connectivity index (χ3v) is 2.07. The molecule has 0 aromatic rings. The molecule has 0 unspecified atom stereocenters. The van der Waals surface area contributed by atoms with E-state index in [1.807, 2.05) is 13.8 Å². The molecule has 0 atom stereocenters. The van der Waals surface area contributed by atoms with Crippen molar-refractivity contribution < 1.29 is 9.47 Å². The lowest BCUT2D eigenvalue weighted by Gasteiger charge is -2.15. The van der Waals surface area contributed by atoms with Crippen molar-refractivity contribution in [1.82, 2.24) is 0 Å². The average Bonchev–Trinajstić information content (AvgIpc) is 2.01. The van der Waals surface area contributed by atoms with Gasteiger partial charge in [0.15, 0.2) is 6.29 Å². The Hall–Kier alpha value is 0.0969. The van der Waals surface area contributed by atoms with E-state index < -0.39 is 0 Å². The van der Waals surface area contributed by atoms with Gasteiger partial charge in [0.25, 0.3) is 0 Å². The first-order valence-electron chi connectivity index (χ1n) is 3.99. The summed E-state index contributed by atoms with van der Waals surface area (Å²) in [6, 6.07) is 0.929. The molecule has 0 amide bonds. The average molecular weight is 175 g/mol. The third-order valence-electron chi connectivity index (χ3n) is 1.16. The van der Waals surface area contributed by atoms with Crippen molar-refractivity contribution >= 4 is 9.52 Å². The first kappa shape index (κ1) is 11.1. The van der Waals surface area contributed by atoms with Gasteiger partial charge in [0.1, 0.15) is 0 Å². The molecule has 4 heteroatoms. The normalized spacial score (nSPS) is 10.9. The van der Waals surface area contributed by atoms with Gasteiger partial charge in [0, 0.05) is 13.2 Å². The molecule has 0 fully saturated rings. The Bertz CT molecular complexity index is 76.8. The lowest BCUT2D eigenvalue weighted by atomic mass is 10.7. The van der Waals surface area contributed by atoms with E-state index in [-0.39, 0.29) is 6.29 Å². The molecule has 2 radical (unpaired) electrons. The molecule has 0 heterocycles. The minimum atomic E-state index is -0.0353. The van der Waals surface area contributed by atoms with E-state index in [2.05, 4.69) is 0 Å². The topological polar surface area (TPSA) is 44.5 Å². The molecule has 0 aliphatic carbocycles. The number of ether oxygens (including phenoxy) is 2. The molecule has 0 aliphatic heterocycles. The summed E-state index contributed by atoms with van der Waals surface area (Å²) in [7, 11) is 0.743. The van der Waals surface area contributed by atoms with E-state index in [0.717, 1.165) is 21.7 Å². The molecule has 0 aromatic carbocycles.